The summed E-state index contributed by atoms with van der Waals surface area (Å²) in [6, 6.07) is 4.47. The minimum Gasteiger partial charge on any atom is -0.485 e. The summed E-state index contributed by atoms with van der Waals surface area (Å²) in [5, 5.41) is 0. The molecule has 6 nitrogen and oxygen atoms in total. The second-order valence-electron chi connectivity index (χ2n) is 4.97. The molecule has 0 radical (unpaired) electrons. The number of nitrogens with two attached hydrogens (primary N) is 3. The molecule has 0 unspecified atom stereocenters. The summed E-state index contributed by atoms with van der Waals surface area (Å²) in [6.07, 6.45) is 5.22. The van der Waals surface area contributed by atoms with Crippen molar-refractivity contribution in [2.45, 2.75) is 38.2 Å². The van der Waals surface area contributed by atoms with Crippen LogP contribution in [0, 0.1) is 5.82 Å². The Morgan fingerprint density at radius 1 is 1.14 bits per heavy atom. The Morgan fingerprint density at radius 3 is 2.52 bits per heavy atom. The number of hydrogen-bond donors (Lipinski definition) is 3. The highest BCUT2D eigenvalue weighted by atomic mass is 19.1. The minimum absolute atomic E-state index is 0.00824. The van der Waals surface area contributed by atoms with Crippen LogP contribution in [-0.2, 0) is 0 Å². The van der Waals surface area contributed by atoms with Crippen LogP contribution in [0.15, 0.2) is 28.2 Å². The predicted molar refractivity (Wildman–Crippen MR) is 81.0 cm³/mol. The van der Waals surface area contributed by atoms with Gasteiger partial charge in [0, 0.05) is 0 Å². The molecule has 0 aliphatic heterocycles. The molecular weight excluding hydrogens is 273 g/mol. The highest BCUT2D eigenvalue weighted by Crippen LogP contribution is 2.33. The summed E-state index contributed by atoms with van der Waals surface area (Å²) in [7, 11) is 0. The largest absolute Gasteiger partial charge is 0.485 e. The van der Waals surface area contributed by atoms with Crippen LogP contribution in [0.4, 0.5) is 10.1 Å². The molecule has 0 aromatic heterocycles. The fourth-order valence-electron chi connectivity index (χ4n) is 2.33. The van der Waals surface area contributed by atoms with E-state index in [1.54, 1.807) is 6.07 Å². The molecular formula is C14H20FN5O. The first-order valence-electron chi connectivity index (χ1n) is 6.95. The van der Waals surface area contributed by atoms with Crippen LogP contribution < -0.4 is 21.9 Å². The van der Waals surface area contributed by atoms with Crippen molar-refractivity contribution in [1.82, 2.24) is 0 Å². The van der Waals surface area contributed by atoms with E-state index in [4.69, 9.17) is 21.9 Å². The van der Waals surface area contributed by atoms with Gasteiger partial charge in [0.2, 0.25) is 5.96 Å². The standard InChI is InChI=1S/C14H20FN5O/c15-10-7-4-8-11(19-14(18)20-13(16)17)12(10)21-9-5-2-1-3-6-9/h4,7-9H,1-3,5-6H2,(H6,16,17,18,19,20). The van der Waals surface area contributed by atoms with Gasteiger partial charge in [-0.1, -0.05) is 12.5 Å². The molecule has 114 valence electrons. The van der Waals surface area contributed by atoms with Crippen LogP contribution in [0.3, 0.4) is 0 Å². The number of aliphatic imine (C=N–C) groups is 2. The van der Waals surface area contributed by atoms with E-state index in [-0.39, 0.29) is 29.5 Å². The zero-order chi connectivity index (χ0) is 15.2. The lowest BCUT2D eigenvalue weighted by Crippen LogP contribution is -2.26. The van der Waals surface area contributed by atoms with Gasteiger partial charge in [0.25, 0.3) is 0 Å². The molecule has 1 saturated carbocycles. The SMILES string of the molecule is NC(N)=NC(N)=Nc1cccc(F)c1OC1CCCCC1. The number of halogens is 1. The van der Waals surface area contributed by atoms with E-state index < -0.39 is 5.82 Å². The number of guanidine groups is 2. The van der Waals surface area contributed by atoms with Crippen LogP contribution >= 0.6 is 0 Å². The smallest absolute Gasteiger partial charge is 0.223 e. The zero-order valence-corrected chi connectivity index (χ0v) is 11.8. The van der Waals surface area contributed by atoms with Crippen molar-refractivity contribution >= 4 is 17.6 Å². The summed E-state index contributed by atoms with van der Waals surface area (Å²) in [5.74, 6) is -0.728. The molecule has 0 heterocycles. The second-order valence-corrected chi connectivity index (χ2v) is 4.97. The van der Waals surface area contributed by atoms with Crippen LogP contribution in [0.25, 0.3) is 0 Å². The van der Waals surface area contributed by atoms with E-state index >= 15 is 0 Å². The van der Waals surface area contributed by atoms with E-state index in [1.165, 1.54) is 18.6 Å². The molecule has 0 amide bonds. The molecule has 1 aromatic carbocycles. The Hall–Kier alpha value is -2.31. The lowest BCUT2D eigenvalue weighted by atomic mass is 9.98. The van der Waals surface area contributed by atoms with Crippen molar-refractivity contribution in [3.8, 4) is 5.75 Å². The molecule has 0 bridgehead atoms. The normalized spacial score (nSPS) is 16.5. The van der Waals surface area contributed by atoms with Crippen molar-refractivity contribution < 1.29 is 9.13 Å². The maximum atomic E-state index is 14.0. The minimum atomic E-state index is -0.473. The zero-order valence-electron chi connectivity index (χ0n) is 11.8. The number of ether oxygens (including phenoxy) is 1. The Labute approximate surface area is 122 Å². The topological polar surface area (TPSA) is 112 Å². The van der Waals surface area contributed by atoms with Crippen molar-refractivity contribution in [1.29, 1.82) is 0 Å². The maximum absolute atomic E-state index is 14.0. The fourth-order valence-corrected chi connectivity index (χ4v) is 2.33. The Kier molecular flexibility index (Phi) is 4.97. The molecule has 2 rings (SSSR count). The van der Waals surface area contributed by atoms with E-state index in [1.807, 2.05) is 0 Å². The molecule has 7 heteroatoms. The quantitative estimate of drug-likeness (QED) is 0.582. The van der Waals surface area contributed by atoms with E-state index in [0.717, 1.165) is 25.7 Å². The van der Waals surface area contributed by atoms with Gasteiger partial charge in [0.05, 0.1) is 6.10 Å². The first-order chi connectivity index (χ1) is 10.1. The molecule has 1 aliphatic carbocycles. The van der Waals surface area contributed by atoms with Gasteiger partial charge in [0.15, 0.2) is 17.5 Å². The van der Waals surface area contributed by atoms with Gasteiger partial charge in [0.1, 0.15) is 5.69 Å². The van der Waals surface area contributed by atoms with Gasteiger partial charge in [-0.25, -0.2) is 9.38 Å². The first-order valence-corrected chi connectivity index (χ1v) is 6.95. The Bertz CT molecular complexity index is 548. The van der Waals surface area contributed by atoms with Gasteiger partial charge in [-0.15, -0.1) is 0 Å². The van der Waals surface area contributed by atoms with Crippen LogP contribution in [0.2, 0.25) is 0 Å². The summed E-state index contributed by atoms with van der Waals surface area (Å²) < 4.78 is 19.8. The summed E-state index contributed by atoms with van der Waals surface area (Å²) >= 11 is 0. The van der Waals surface area contributed by atoms with E-state index in [2.05, 4.69) is 9.98 Å². The third-order valence-corrected chi connectivity index (χ3v) is 3.26. The second kappa shape index (κ2) is 6.92. The Morgan fingerprint density at radius 2 is 1.86 bits per heavy atom. The summed E-state index contributed by atoms with van der Waals surface area (Å²) in [4.78, 5) is 7.62. The van der Waals surface area contributed by atoms with E-state index in [0.29, 0.717) is 0 Å². The van der Waals surface area contributed by atoms with Crippen molar-refractivity contribution in [2.75, 3.05) is 0 Å². The molecule has 1 fully saturated rings. The molecule has 0 atom stereocenters. The average molecular weight is 293 g/mol. The highest BCUT2D eigenvalue weighted by Gasteiger charge is 2.19. The third kappa shape index (κ3) is 4.34. The number of hydrogen-bond acceptors (Lipinski definition) is 2. The third-order valence-electron chi connectivity index (χ3n) is 3.26. The average Bonchev–Trinajstić information content (AvgIpc) is 2.43. The van der Waals surface area contributed by atoms with Crippen LogP contribution in [0.1, 0.15) is 32.1 Å². The molecule has 6 N–H and O–H groups in total. The number of benzene rings is 1. The summed E-state index contributed by atoms with van der Waals surface area (Å²) in [6.45, 7) is 0. The molecule has 0 spiro atoms. The van der Waals surface area contributed by atoms with Crippen molar-refractivity contribution in [3.05, 3.63) is 24.0 Å². The number of para-hydroxylation sites is 1. The van der Waals surface area contributed by atoms with Gasteiger partial charge in [-0.2, -0.15) is 4.99 Å². The van der Waals surface area contributed by atoms with Gasteiger partial charge in [-0.3, -0.25) is 0 Å². The molecule has 21 heavy (non-hydrogen) atoms. The predicted octanol–water partition coefficient (Wildman–Crippen LogP) is 1.76. The van der Waals surface area contributed by atoms with Crippen molar-refractivity contribution in [3.63, 3.8) is 0 Å². The van der Waals surface area contributed by atoms with Crippen LogP contribution in [-0.4, -0.2) is 18.0 Å². The van der Waals surface area contributed by atoms with E-state index in [9.17, 15) is 4.39 Å². The summed E-state index contributed by atoms with van der Waals surface area (Å²) in [5.41, 5.74) is 16.3. The van der Waals surface area contributed by atoms with Gasteiger partial charge >= 0.3 is 0 Å². The van der Waals surface area contributed by atoms with Gasteiger partial charge < -0.3 is 21.9 Å². The number of nitrogens with zero attached hydrogens (tertiary/aromatic N) is 2. The molecule has 1 aliphatic rings. The van der Waals surface area contributed by atoms with Gasteiger partial charge in [-0.05, 0) is 37.8 Å². The van der Waals surface area contributed by atoms with Crippen LogP contribution in [0.5, 0.6) is 5.75 Å². The van der Waals surface area contributed by atoms with Crippen molar-refractivity contribution in [2.24, 2.45) is 27.2 Å². The highest BCUT2D eigenvalue weighted by molar-refractivity contribution is 5.93. The molecule has 0 saturated heterocycles. The maximum Gasteiger partial charge on any atom is 0.223 e. The number of rotatable bonds is 3. The lowest BCUT2D eigenvalue weighted by Gasteiger charge is -2.23. The Balaban J connectivity index is 2.25. The monoisotopic (exact) mass is 293 g/mol. The molecule has 1 aromatic rings. The lowest BCUT2D eigenvalue weighted by molar-refractivity contribution is 0.149. The first kappa shape index (κ1) is 15.1. The fraction of sp³-hybridized carbons (Fsp3) is 0.429.